The molecule has 24 heavy (non-hydrogen) atoms. The van der Waals surface area contributed by atoms with Crippen LogP contribution >= 0.6 is 0 Å². The van der Waals surface area contributed by atoms with Gasteiger partial charge in [0.25, 0.3) is 0 Å². The van der Waals surface area contributed by atoms with Crippen LogP contribution in [-0.2, 0) is 0 Å². The summed E-state index contributed by atoms with van der Waals surface area (Å²) in [6, 6.07) is 7.29. The number of nitrogens with one attached hydrogen (secondary N) is 1. The predicted octanol–water partition coefficient (Wildman–Crippen LogP) is 2.34. The molecule has 7 nitrogen and oxygen atoms in total. The number of hydrogen-bond acceptors (Lipinski definition) is 7. The van der Waals surface area contributed by atoms with E-state index >= 15 is 0 Å². The Hall–Kier alpha value is -2.12. The molecule has 1 heterocycles. The zero-order valence-corrected chi connectivity index (χ0v) is 14.5. The molecule has 0 amide bonds. The van der Waals surface area contributed by atoms with Gasteiger partial charge < -0.3 is 24.4 Å². The zero-order valence-electron chi connectivity index (χ0n) is 14.5. The summed E-state index contributed by atoms with van der Waals surface area (Å²) in [4.78, 5) is 3.97. The number of aromatic nitrogens is 2. The summed E-state index contributed by atoms with van der Waals surface area (Å²) in [5.74, 6) is 1.58. The van der Waals surface area contributed by atoms with Gasteiger partial charge >= 0.3 is 0 Å². The fourth-order valence-electron chi connectivity index (χ4n) is 1.94. The normalized spacial score (nSPS) is 14.2. The van der Waals surface area contributed by atoms with E-state index in [0.717, 1.165) is 0 Å². The van der Waals surface area contributed by atoms with E-state index in [9.17, 15) is 5.11 Å². The van der Waals surface area contributed by atoms with Crippen molar-refractivity contribution in [3.05, 3.63) is 36.5 Å². The predicted molar refractivity (Wildman–Crippen MR) is 89.0 cm³/mol. The van der Waals surface area contributed by atoms with E-state index in [1.54, 1.807) is 12.1 Å². The minimum atomic E-state index is -0.619. The van der Waals surface area contributed by atoms with Crippen molar-refractivity contribution < 1.29 is 19.1 Å². The lowest BCUT2D eigenvalue weighted by molar-refractivity contribution is 0.0962. The van der Waals surface area contributed by atoms with Gasteiger partial charge in [0.1, 0.15) is 12.7 Å². The fraction of sp³-hybridized carbons (Fsp3) is 0.529. The van der Waals surface area contributed by atoms with Crippen LogP contribution in [0.1, 0.15) is 39.6 Å². The van der Waals surface area contributed by atoms with Crippen molar-refractivity contribution >= 4 is 0 Å². The van der Waals surface area contributed by atoms with E-state index < -0.39 is 6.10 Å². The topological polar surface area (TPSA) is 89.6 Å². The Morgan fingerprint density at radius 1 is 1.25 bits per heavy atom. The highest BCUT2D eigenvalue weighted by atomic mass is 16.5. The van der Waals surface area contributed by atoms with Gasteiger partial charge in [-0.3, -0.25) is 0 Å². The summed E-state index contributed by atoms with van der Waals surface area (Å²) in [5, 5.41) is 17.0. The number of para-hydroxylation sites is 2. The average molecular weight is 335 g/mol. The summed E-state index contributed by atoms with van der Waals surface area (Å²) in [6.07, 6.45) is 0.267. The lowest BCUT2D eigenvalue weighted by Crippen LogP contribution is -2.42. The third-order valence-corrected chi connectivity index (χ3v) is 3.19. The van der Waals surface area contributed by atoms with Crippen LogP contribution in [0.3, 0.4) is 0 Å². The van der Waals surface area contributed by atoms with Crippen LogP contribution < -0.4 is 14.8 Å². The summed E-state index contributed by atoms with van der Waals surface area (Å²) in [7, 11) is 0. The van der Waals surface area contributed by atoms with Crippen molar-refractivity contribution in [3.63, 3.8) is 0 Å². The fourth-order valence-corrected chi connectivity index (χ4v) is 1.94. The molecule has 0 saturated heterocycles. The van der Waals surface area contributed by atoms with Crippen LogP contribution in [-0.4, -0.2) is 40.0 Å². The number of benzene rings is 1. The number of β-amino-alcohol motifs (C(OH)–C–C–N with tert-alkyl or cyclic N) is 1. The monoisotopic (exact) mass is 335 g/mol. The summed E-state index contributed by atoms with van der Waals surface area (Å²) >= 11 is 0. The molecule has 1 aromatic carbocycles. The molecule has 0 bridgehead atoms. The number of aliphatic hydroxyl groups is 1. The zero-order chi connectivity index (χ0) is 17.6. The maximum absolute atomic E-state index is 10.0. The van der Waals surface area contributed by atoms with Crippen LogP contribution in [0.5, 0.6) is 11.5 Å². The lowest BCUT2D eigenvalue weighted by Gasteiger charge is -2.23. The molecule has 132 valence electrons. The van der Waals surface area contributed by atoms with Crippen molar-refractivity contribution in [2.24, 2.45) is 0 Å². The summed E-state index contributed by atoms with van der Waals surface area (Å²) < 4.78 is 16.3. The Morgan fingerprint density at radius 3 is 2.58 bits per heavy atom. The van der Waals surface area contributed by atoms with Crippen molar-refractivity contribution in [1.29, 1.82) is 0 Å². The van der Waals surface area contributed by atoms with E-state index in [0.29, 0.717) is 23.9 Å². The van der Waals surface area contributed by atoms with Gasteiger partial charge in [-0.25, -0.2) is 0 Å². The van der Waals surface area contributed by atoms with Crippen LogP contribution in [0.25, 0.3) is 0 Å². The van der Waals surface area contributed by atoms with Gasteiger partial charge in [0, 0.05) is 12.1 Å². The third-order valence-electron chi connectivity index (χ3n) is 3.19. The molecule has 2 rings (SSSR count). The second-order valence-electron chi connectivity index (χ2n) is 6.59. The van der Waals surface area contributed by atoms with Crippen molar-refractivity contribution in [2.75, 3.05) is 13.2 Å². The molecule has 1 aromatic heterocycles. The minimum Gasteiger partial charge on any atom is -0.487 e. The first kappa shape index (κ1) is 18.2. The SMILES string of the molecule is CC(Oc1ccccc1OCC(O)CNC(C)(C)C)c1ncon1. The van der Waals surface area contributed by atoms with E-state index in [4.69, 9.17) is 14.0 Å². The molecule has 2 aromatic rings. The number of hydrogen-bond donors (Lipinski definition) is 2. The van der Waals surface area contributed by atoms with Gasteiger partial charge in [-0.2, -0.15) is 4.98 Å². The summed E-state index contributed by atoms with van der Waals surface area (Å²) in [6.45, 7) is 8.57. The molecule has 0 fully saturated rings. The molecule has 2 N–H and O–H groups in total. The van der Waals surface area contributed by atoms with E-state index in [1.165, 1.54) is 6.39 Å². The smallest absolute Gasteiger partial charge is 0.213 e. The molecular formula is C17H25N3O4. The second-order valence-corrected chi connectivity index (χ2v) is 6.59. The van der Waals surface area contributed by atoms with Gasteiger partial charge in [-0.1, -0.05) is 17.3 Å². The number of nitrogens with zero attached hydrogens (tertiary/aromatic N) is 2. The Balaban J connectivity index is 1.91. The Morgan fingerprint density at radius 2 is 1.96 bits per heavy atom. The van der Waals surface area contributed by atoms with Crippen LogP contribution in [0, 0.1) is 0 Å². The van der Waals surface area contributed by atoms with E-state index in [2.05, 4.69) is 15.5 Å². The van der Waals surface area contributed by atoms with Crippen molar-refractivity contribution in [2.45, 2.75) is 45.4 Å². The number of ether oxygens (including phenoxy) is 2. The highest BCUT2D eigenvalue weighted by Gasteiger charge is 2.16. The van der Waals surface area contributed by atoms with Gasteiger partial charge in [-0.15, -0.1) is 0 Å². The summed E-state index contributed by atoms with van der Waals surface area (Å²) in [5.41, 5.74) is -0.0535. The standard InChI is InChI=1S/C17H25N3O4/c1-12(16-18-11-23-20-16)24-15-8-6-5-7-14(15)22-10-13(21)9-19-17(2,3)4/h5-8,11-13,19,21H,9-10H2,1-4H3. The molecule has 0 saturated carbocycles. The molecular weight excluding hydrogens is 310 g/mol. The van der Waals surface area contributed by atoms with Gasteiger partial charge in [0.05, 0.1) is 0 Å². The molecule has 0 aliphatic rings. The van der Waals surface area contributed by atoms with E-state index in [-0.39, 0.29) is 18.2 Å². The minimum absolute atomic E-state index is 0.0535. The van der Waals surface area contributed by atoms with E-state index in [1.807, 2.05) is 39.8 Å². The Bertz CT molecular complexity index is 611. The quantitative estimate of drug-likeness (QED) is 0.765. The molecule has 0 aliphatic heterocycles. The van der Waals surface area contributed by atoms with Gasteiger partial charge in [-0.05, 0) is 39.8 Å². The van der Waals surface area contributed by atoms with Crippen molar-refractivity contribution in [1.82, 2.24) is 15.5 Å². The molecule has 0 aliphatic carbocycles. The van der Waals surface area contributed by atoms with Crippen LogP contribution in [0.15, 0.2) is 35.2 Å². The van der Waals surface area contributed by atoms with Crippen LogP contribution in [0.4, 0.5) is 0 Å². The van der Waals surface area contributed by atoms with Gasteiger partial charge in [0.15, 0.2) is 17.6 Å². The molecule has 2 unspecified atom stereocenters. The first-order valence-corrected chi connectivity index (χ1v) is 7.93. The average Bonchev–Trinajstić information content (AvgIpc) is 3.06. The number of aliphatic hydroxyl groups excluding tert-OH is 1. The Labute approximate surface area is 142 Å². The Kier molecular flexibility index (Phi) is 6.16. The van der Waals surface area contributed by atoms with Gasteiger partial charge in [0.2, 0.25) is 12.2 Å². The second kappa shape index (κ2) is 8.12. The third kappa shape index (κ3) is 5.82. The van der Waals surface area contributed by atoms with Crippen molar-refractivity contribution in [3.8, 4) is 11.5 Å². The molecule has 2 atom stereocenters. The maximum atomic E-state index is 10.0. The highest BCUT2D eigenvalue weighted by Crippen LogP contribution is 2.30. The molecule has 0 radical (unpaired) electrons. The maximum Gasteiger partial charge on any atom is 0.213 e. The highest BCUT2D eigenvalue weighted by molar-refractivity contribution is 5.39. The first-order valence-electron chi connectivity index (χ1n) is 7.93. The number of rotatable bonds is 8. The molecule has 7 heteroatoms. The molecule has 0 spiro atoms. The first-order chi connectivity index (χ1) is 11.3. The lowest BCUT2D eigenvalue weighted by atomic mass is 10.1. The largest absolute Gasteiger partial charge is 0.487 e. The van der Waals surface area contributed by atoms with Crippen LogP contribution in [0.2, 0.25) is 0 Å².